The molecular weight excluding hydrogens is 397 g/mol. The predicted octanol–water partition coefficient (Wildman–Crippen LogP) is 6.81. The monoisotopic (exact) mass is 423 g/mol. The smallest absolute Gasteiger partial charge is 0.234 e. The molecule has 0 saturated carbocycles. The summed E-state index contributed by atoms with van der Waals surface area (Å²) in [6, 6.07) is 29.3. The number of nitrogens with zero attached hydrogens (tertiary/aromatic N) is 1. The summed E-state index contributed by atoms with van der Waals surface area (Å²) in [5, 5.41) is 4.02. The van der Waals surface area contributed by atoms with Crippen molar-refractivity contribution in [3.63, 3.8) is 0 Å². The van der Waals surface area contributed by atoms with Crippen LogP contribution in [-0.4, -0.2) is 4.34 Å². The molecule has 0 atom stereocenters. The molecule has 154 valence electrons. The highest BCUT2D eigenvalue weighted by Crippen LogP contribution is 2.51. The Morgan fingerprint density at radius 3 is 1.29 bits per heavy atom. The van der Waals surface area contributed by atoms with Gasteiger partial charge in [0.1, 0.15) is 0 Å². The minimum absolute atomic E-state index is 0.876. The molecular formula is C28H26NOP. The third-order valence-corrected chi connectivity index (χ3v) is 8.86. The van der Waals surface area contributed by atoms with Gasteiger partial charge in [-0.1, -0.05) is 70.8 Å². The Morgan fingerprint density at radius 1 is 0.548 bits per heavy atom. The van der Waals surface area contributed by atoms with Gasteiger partial charge in [0, 0.05) is 21.4 Å². The van der Waals surface area contributed by atoms with Crippen molar-refractivity contribution >= 4 is 39.7 Å². The Morgan fingerprint density at radius 2 is 0.903 bits per heavy atom. The van der Waals surface area contributed by atoms with Crippen molar-refractivity contribution in [1.82, 2.24) is 4.34 Å². The fraction of sp³-hybridized carbons (Fsp3) is 0.143. The fourth-order valence-electron chi connectivity index (χ4n) is 4.84. The molecule has 0 N–H and O–H groups in total. The van der Waals surface area contributed by atoms with E-state index in [1.165, 1.54) is 0 Å². The van der Waals surface area contributed by atoms with Crippen LogP contribution in [0.2, 0.25) is 0 Å². The lowest BCUT2D eigenvalue weighted by atomic mass is 10.2. The molecule has 0 aliphatic rings. The van der Waals surface area contributed by atoms with Crippen molar-refractivity contribution in [1.29, 1.82) is 0 Å². The van der Waals surface area contributed by atoms with Gasteiger partial charge in [0.15, 0.2) is 0 Å². The van der Waals surface area contributed by atoms with Crippen LogP contribution in [0.3, 0.4) is 0 Å². The molecule has 0 fully saturated rings. The van der Waals surface area contributed by atoms with E-state index in [-0.39, 0.29) is 0 Å². The summed E-state index contributed by atoms with van der Waals surface area (Å²) in [5.41, 5.74) is 6.51. The SMILES string of the molecule is Cc1cc(C)cc(P(=O)(c2cc(C)cc(C)c2)n2c3ccccc3c3ccccc32)c1. The van der Waals surface area contributed by atoms with Crippen LogP contribution in [0.4, 0.5) is 0 Å². The maximum absolute atomic E-state index is 15.5. The average Bonchev–Trinajstić information content (AvgIpc) is 3.07. The van der Waals surface area contributed by atoms with Gasteiger partial charge in [-0.15, -0.1) is 0 Å². The molecule has 3 heteroatoms. The van der Waals surface area contributed by atoms with E-state index >= 15 is 4.57 Å². The molecule has 5 rings (SSSR count). The molecule has 0 aliphatic heterocycles. The van der Waals surface area contributed by atoms with Gasteiger partial charge in [-0.3, -0.25) is 8.90 Å². The zero-order valence-corrected chi connectivity index (χ0v) is 19.3. The molecule has 0 amide bonds. The molecule has 0 spiro atoms. The molecule has 0 radical (unpaired) electrons. The number of para-hydroxylation sites is 2. The third-order valence-electron chi connectivity index (χ3n) is 5.95. The summed E-state index contributed by atoms with van der Waals surface area (Å²) < 4.78 is 17.6. The quantitative estimate of drug-likeness (QED) is 0.292. The van der Waals surface area contributed by atoms with Crippen LogP contribution in [0, 0.1) is 27.7 Å². The molecule has 0 aliphatic carbocycles. The summed E-state index contributed by atoms with van der Waals surface area (Å²) in [6.45, 7) is 8.31. The van der Waals surface area contributed by atoms with Crippen LogP contribution < -0.4 is 10.6 Å². The number of hydrogen-bond donors (Lipinski definition) is 0. The Kier molecular flexibility index (Phi) is 4.64. The van der Waals surface area contributed by atoms with Gasteiger partial charge in [-0.05, 0) is 64.1 Å². The highest BCUT2D eigenvalue weighted by atomic mass is 31.2. The van der Waals surface area contributed by atoms with Crippen LogP contribution >= 0.6 is 7.29 Å². The molecule has 5 aromatic rings. The topological polar surface area (TPSA) is 22.0 Å². The van der Waals surface area contributed by atoms with E-state index in [1.807, 2.05) is 12.1 Å². The average molecular weight is 423 g/mol. The molecule has 0 unspecified atom stereocenters. The number of benzene rings is 4. The first-order valence-corrected chi connectivity index (χ1v) is 12.3. The van der Waals surface area contributed by atoms with Crippen molar-refractivity contribution in [2.45, 2.75) is 27.7 Å². The van der Waals surface area contributed by atoms with Gasteiger partial charge in [0.2, 0.25) is 7.29 Å². The van der Waals surface area contributed by atoms with Crippen molar-refractivity contribution in [2.24, 2.45) is 0 Å². The van der Waals surface area contributed by atoms with E-state index in [2.05, 4.69) is 105 Å². The second-order valence-corrected chi connectivity index (χ2v) is 11.2. The van der Waals surface area contributed by atoms with E-state index in [0.29, 0.717) is 0 Å². The maximum atomic E-state index is 15.5. The minimum Gasteiger partial charge on any atom is -0.290 e. The van der Waals surface area contributed by atoms with Crippen molar-refractivity contribution in [3.8, 4) is 0 Å². The fourth-order valence-corrected chi connectivity index (χ4v) is 8.07. The van der Waals surface area contributed by atoms with E-state index in [1.54, 1.807) is 0 Å². The Bertz CT molecular complexity index is 1360. The van der Waals surface area contributed by atoms with Crippen LogP contribution in [0.15, 0.2) is 84.9 Å². The second-order valence-electron chi connectivity index (χ2n) is 8.61. The van der Waals surface area contributed by atoms with Gasteiger partial charge in [0.25, 0.3) is 0 Å². The largest absolute Gasteiger partial charge is 0.290 e. The molecule has 1 heterocycles. The summed E-state index contributed by atoms with van der Waals surface area (Å²) in [6.07, 6.45) is 0. The Balaban J connectivity index is 2.00. The molecule has 0 bridgehead atoms. The van der Waals surface area contributed by atoms with Crippen LogP contribution in [0.25, 0.3) is 21.8 Å². The van der Waals surface area contributed by atoms with Crippen molar-refractivity contribution in [2.75, 3.05) is 0 Å². The number of aromatic nitrogens is 1. The Labute approximate surface area is 183 Å². The van der Waals surface area contributed by atoms with Gasteiger partial charge < -0.3 is 0 Å². The third kappa shape index (κ3) is 3.14. The second kappa shape index (κ2) is 7.25. The zero-order chi connectivity index (χ0) is 21.8. The normalized spacial score (nSPS) is 12.0. The summed E-state index contributed by atoms with van der Waals surface area (Å²) >= 11 is 0. The Hall–Kier alpha value is -3.09. The van der Waals surface area contributed by atoms with Crippen molar-refractivity contribution in [3.05, 3.63) is 107 Å². The number of rotatable bonds is 3. The minimum atomic E-state index is -3.21. The van der Waals surface area contributed by atoms with Gasteiger partial charge in [-0.2, -0.15) is 0 Å². The van der Waals surface area contributed by atoms with Crippen LogP contribution in [0.1, 0.15) is 22.3 Å². The number of hydrogen-bond acceptors (Lipinski definition) is 1. The first kappa shape index (κ1) is 19.8. The lowest BCUT2D eigenvalue weighted by Gasteiger charge is -2.25. The van der Waals surface area contributed by atoms with E-state index in [0.717, 1.165) is 54.7 Å². The van der Waals surface area contributed by atoms with Crippen LogP contribution in [0.5, 0.6) is 0 Å². The summed E-state index contributed by atoms with van der Waals surface area (Å²) in [4.78, 5) is 0. The first-order chi connectivity index (χ1) is 14.9. The number of fused-ring (bicyclic) bond motifs is 3. The van der Waals surface area contributed by atoms with E-state index in [4.69, 9.17) is 0 Å². The molecule has 31 heavy (non-hydrogen) atoms. The van der Waals surface area contributed by atoms with Crippen molar-refractivity contribution < 1.29 is 4.57 Å². The van der Waals surface area contributed by atoms with Gasteiger partial charge in [-0.25, -0.2) is 0 Å². The standard InChI is InChI=1S/C28H26NOP/c1-19-13-20(2)16-23(15-19)31(30,24-17-21(3)14-22(4)18-24)29-27-11-7-5-9-25(27)26-10-6-8-12-28(26)29/h5-18H,1-4H3. The summed E-state index contributed by atoms with van der Waals surface area (Å²) in [7, 11) is -3.21. The molecule has 2 nitrogen and oxygen atoms in total. The predicted molar refractivity (Wildman–Crippen MR) is 134 cm³/mol. The highest BCUT2D eigenvalue weighted by molar-refractivity contribution is 7.77. The summed E-state index contributed by atoms with van der Waals surface area (Å²) in [5.74, 6) is 0. The first-order valence-electron chi connectivity index (χ1n) is 10.6. The molecule has 1 aromatic heterocycles. The zero-order valence-electron chi connectivity index (χ0n) is 18.4. The maximum Gasteiger partial charge on any atom is 0.234 e. The lowest BCUT2D eigenvalue weighted by Crippen LogP contribution is -2.23. The highest BCUT2D eigenvalue weighted by Gasteiger charge is 2.33. The molecule has 4 aromatic carbocycles. The van der Waals surface area contributed by atoms with Gasteiger partial charge in [0.05, 0.1) is 11.0 Å². The van der Waals surface area contributed by atoms with E-state index in [9.17, 15) is 0 Å². The lowest BCUT2D eigenvalue weighted by molar-refractivity contribution is 0.583. The van der Waals surface area contributed by atoms with Crippen LogP contribution in [-0.2, 0) is 4.57 Å². The number of aryl methyl sites for hydroxylation is 4. The molecule has 0 saturated heterocycles. The van der Waals surface area contributed by atoms with E-state index < -0.39 is 7.29 Å². The van der Waals surface area contributed by atoms with Gasteiger partial charge >= 0.3 is 0 Å².